The van der Waals surface area contributed by atoms with Crippen molar-refractivity contribution in [3.05, 3.63) is 0 Å². The average molecular weight is 234 g/mol. The summed E-state index contributed by atoms with van der Waals surface area (Å²) in [5.41, 5.74) is 0. The van der Waals surface area contributed by atoms with Gasteiger partial charge in [-0.1, -0.05) is 26.2 Å². The first-order chi connectivity index (χ1) is 6.27. The van der Waals surface area contributed by atoms with Crippen molar-refractivity contribution in [3.8, 4) is 0 Å². The molecule has 3 nitrogen and oxygen atoms in total. The van der Waals surface area contributed by atoms with Crippen molar-refractivity contribution in [3.63, 3.8) is 0 Å². The van der Waals surface area contributed by atoms with Crippen molar-refractivity contribution in [2.24, 2.45) is 0 Å². The summed E-state index contributed by atoms with van der Waals surface area (Å²) in [5.74, 6) is -0.577. The van der Waals surface area contributed by atoms with Gasteiger partial charge in [0.1, 0.15) is 0 Å². The highest BCUT2D eigenvalue weighted by molar-refractivity contribution is 7.86. The molecule has 7 heteroatoms. The first-order valence-electron chi connectivity index (χ1n) is 4.27. The van der Waals surface area contributed by atoms with Crippen molar-refractivity contribution >= 4 is 10.1 Å². The van der Waals surface area contributed by atoms with Crippen LogP contribution in [0.2, 0.25) is 0 Å². The molecular weight excluding hydrogens is 221 g/mol. The summed E-state index contributed by atoms with van der Waals surface area (Å²) in [7, 11) is -4.44. The minimum Gasteiger partial charge on any atom is -0.199 e. The predicted octanol–water partition coefficient (Wildman–Crippen LogP) is 2.43. The van der Waals surface area contributed by atoms with Crippen LogP contribution in [0.4, 0.5) is 13.2 Å². The Morgan fingerprint density at radius 1 is 1.14 bits per heavy atom. The first-order valence-corrected chi connectivity index (χ1v) is 5.84. The van der Waals surface area contributed by atoms with Gasteiger partial charge in [-0.25, -0.2) is 0 Å². The predicted molar refractivity (Wildman–Crippen MR) is 45.1 cm³/mol. The van der Waals surface area contributed by atoms with E-state index >= 15 is 0 Å². The zero-order chi connectivity index (χ0) is 11.2. The standard InChI is InChI=1S/C7H13F3O3S/c1-2-3-4-5-6-14(11,12)13-7(8,9)10/h2-6H2,1H3. The molecule has 0 unspecified atom stereocenters. The van der Waals surface area contributed by atoms with E-state index < -0.39 is 22.2 Å². The van der Waals surface area contributed by atoms with E-state index in [1.807, 2.05) is 6.92 Å². The van der Waals surface area contributed by atoms with Gasteiger partial charge < -0.3 is 0 Å². The fraction of sp³-hybridized carbons (Fsp3) is 1.00. The topological polar surface area (TPSA) is 43.4 Å². The molecular formula is C7H13F3O3S. The summed E-state index contributed by atoms with van der Waals surface area (Å²) in [6.07, 6.45) is -2.62. The maximum absolute atomic E-state index is 11.5. The van der Waals surface area contributed by atoms with Crippen LogP contribution in [-0.2, 0) is 14.3 Å². The maximum atomic E-state index is 11.5. The molecule has 0 rings (SSSR count). The fourth-order valence-electron chi connectivity index (χ4n) is 0.891. The largest absolute Gasteiger partial charge is 0.537 e. The molecule has 0 aliphatic heterocycles. The number of alkyl halides is 3. The Morgan fingerprint density at radius 2 is 1.71 bits per heavy atom. The van der Waals surface area contributed by atoms with E-state index in [0.29, 0.717) is 6.42 Å². The monoisotopic (exact) mass is 234 g/mol. The van der Waals surface area contributed by atoms with E-state index in [2.05, 4.69) is 4.18 Å². The van der Waals surface area contributed by atoms with Crippen molar-refractivity contribution < 1.29 is 25.8 Å². The molecule has 0 aromatic rings. The summed E-state index contributed by atoms with van der Waals surface area (Å²) in [5, 5.41) is 0. The van der Waals surface area contributed by atoms with Crippen LogP contribution in [0.3, 0.4) is 0 Å². The summed E-state index contributed by atoms with van der Waals surface area (Å²) < 4.78 is 58.9. The zero-order valence-corrected chi connectivity index (χ0v) is 8.62. The van der Waals surface area contributed by atoms with Crippen molar-refractivity contribution in [2.75, 3.05) is 5.75 Å². The minimum atomic E-state index is -5.11. The Labute approximate surface area is 81.4 Å². The second kappa shape index (κ2) is 5.55. The molecule has 0 heterocycles. The molecule has 0 radical (unpaired) electrons. The SMILES string of the molecule is CCCCCCS(=O)(=O)OC(F)(F)F. The van der Waals surface area contributed by atoms with Gasteiger partial charge in [0.05, 0.1) is 5.75 Å². The quantitative estimate of drug-likeness (QED) is 0.523. The van der Waals surface area contributed by atoms with Crippen LogP contribution >= 0.6 is 0 Å². The normalized spacial score (nSPS) is 13.1. The van der Waals surface area contributed by atoms with Gasteiger partial charge in [0.15, 0.2) is 0 Å². The van der Waals surface area contributed by atoms with Gasteiger partial charge in [-0.05, 0) is 6.42 Å². The summed E-state index contributed by atoms with van der Waals surface area (Å²) in [6, 6.07) is 0. The van der Waals surface area contributed by atoms with Crippen LogP contribution in [0.5, 0.6) is 0 Å². The van der Waals surface area contributed by atoms with Crippen molar-refractivity contribution in [1.82, 2.24) is 0 Å². The molecule has 0 aromatic heterocycles. The summed E-state index contributed by atoms with van der Waals surface area (Å²) >= 11 is 0. The molecule has 86 valence electrons. The third kappa shape index (κ3) is 8.31. The van der Waals surface area contributed by atoms with Crippen LogP contribution in [0, 0.1) is 0 Å². The highest BCUT2D eigenvalue weighted by Crippen LogP contribution is 2.20. The molecule has 0 saturated heterocycles. The van der Waals surface area contributed by atoms with E-state index in [4.69, 9.17) is 0 Å². The zero-order valence-electron chi connectivity index (χ0n) is 7.80. The lowest BCUT2D eigenvalue weighted by molar-refractivity contribution is -0.271. The second-order valence-electron chi connectivity index (χ2n) is 2.85. The van der Waals surface area contributed by atoms with Crippen molar-refractivity contribution in [1.29, 1.82) is 0 Å². The van der Waals surface area contributed by atoms with Crippen LogP contribution < -0.4 is 0 Å². The van der Waals surface area contributed by atoms with Gasteiger partial charge >= 0.3 is 6.36 Å². The fourth-order valence-corrected chi connectivity index (χ4v) is 1.82. The van der Waals surface area contributed by atoms with Crippen LogP contribution in [-0.4, -0.2) is 20.5 Å². The van der Waals surface area contributed by atoms with E-state index in [1.54, 1.807) is 0 Å². The molecule has 0 spiro atoms. The number of hydrogen-bond donors (Lipinski definition) is 0. The lowest BCUT2D eigenvalue weighted by atomic mass is 10.2. The lowest BCUT2D eigenvalue weighted by Gasteiger charge is -2.07. The first kappa shape index (κ1) is 13.7. The molecule has 0 N–H and O–H groups in total. The summed E-state index contributed by atoms with van der Waals surface area (Å²) in [4.78, 5) is 0. The number of rotatable bonds is 6. The van der Waals surface area contributed by atoms with E-state index in [0.717, 1.165) is 12.8 Å². The molecule has 0 aliphatic carbocycles. The Balaban J connectivity index is 3.86. The van der Waals surface area contributed by atoms with Gasteiger partial charge in [-0.2, -0.15) is 12.6 Å². The second-order valence-corrected chi connectivity index (χ2v) is 4.54. The molecule has 14 heavy (non-hydrogen) atoms. The number of halogens is 3. The number of hydrogen-bond acceptors (Lipinski definition) is 3. The van der Waals surface area contributed by atoms with Crippen molar-refractivity contribution in [2.45, 2.75) is 39.0 Å². The minimum absolute atomic E-state index is 0.201. The van der Waals surface area contributed by atoms with Crippen LogP contribution in [0.25, 0.3) is 0 Å². The Hall–Kier alpha value is -0.300. The Kier molecular flexibility index (Phi) is 5.43. The van der Waals surface area contributed by atoms with E-state index in [1.165, 1.54) is 0 Å². The molecule has 0 aromatic carbocycles. The smallest absolute Gasteiger partial charge is 0.199 e. The van der Waals surface area contributed by atoms with Crippen LogP contribution in [0.15, 0.2) is 0 Å². The average Bonchev–Trinajstić information content (AvgIpc) is 1.93. The van der Waals surface area contributed by atoms with Gasteiger partial charge in [-0.15, -0.1) is 13.2 Å². The molecule has 0 atom stereocenters. The Bertz CT molecular complexity index is 245. The van der Waals surface area contributed by atoms with Gasteiger partial charge in [0.2, 0.25) is 0 Å². The highest BCUT2D eigenvalue weighted by atomic mass is 32.2. The number of unbranched alkanes of at least 4 members (excludes halogenated alkanes) is 3. The Morgan fingerprint density at radius 3 is 2.14 bits per heavy atom. The van der Waals surface area contributed by atoms with Gasteiger partial charge in [0.25, 0.3) is 10.1 Å². The molecule has 0 aliphatic rings. The third-order valence-corrected chi connectivity index (χ3v) is 2.70. The highest BCUT2D eigenvalue weighted by Gasteiger charge is 2.36. The van der Waals surface area contributed by atoms with Gasteiger partial charge in [0, 0.05) is 0 Å². The van der Waals surface area contributed by atoms with Gasteiger partial charge in [-0.3, -0.25) is 0 Å². The summed E-state index contributed by atoms with van der Waals surface area (Å²) in [6.45, 7) is 1.92. The molecule has 0 saturated carbocycles. The molecule has 0 amide bonds. The lowest BCUT2D eigenvalue weighted by Crippen LogP contribution is -2.21. The molecule has 0 bridgehead atoms. The third-order valence-electron chi connectivity index (χ3n) is 1.47. The van der Waals surface area contributed by atoms with E-state index in [-0.39, 0.29) is 6.42 Å². The van der Waals surface area contributed by atoms with E-state index in [9.17, 15) is 21.6 Å². The molecule has 0 fully saturated rings. The maximum Gasteiger partial charge on any atom is 0.537 e. The van der Waals surface area contributed by atoms with Crippen LogP contribution in [0.1, 0.15) is 32.6 Å².